The second-order valence-electron chi connectivity index (χ2n) is 7.29. The van der Waals surface area contributed by atoms with Crippen LogP contribution in [0.2, 0.25) is 0 Å². The van der Waals surface area contributed by atoms with E-state index in [-0.39, 0.29) is 11.1 Å². The molecular formula is C24H8N4S6. The molecule has 0 unspecified atom stereocenters. The van der Waals surface area contributed by atoms with E-state index >= 15 is 0 Å². The van der Waals surface area contributed by atoms with E-state index in [1.165, 1.54) is 56.8 Å². The van der Waals surface area contributed by atoms with Crippen LogP contribution in [0.25, 0.3) is 47.0 Å². The molecule has 6 aromatic rings. The summed E-state index contributed by atoms with van der Waals surface area (Å²) in [5, 5.41) is 35.8. The fourth-order valence-corrected chi connectivity index (χ4v) is 12.6. The van der Waals surface area contributed by atoms with Crippen molar-refractivity contribution in [2.24, 2.45) is 0 Å². The third-order valence-electron chi connectivity index (χ3n) is 5.27. The van der Waals surface area contributed by atoms with Gasteiger partial charge in [-0.25, -0.2) is 0 Å². The van der Waals surface area contributed by atoms with Crippen LogP contribution in [0.1, 0.15) is 9.75 Å². The van der Waals surface area contributed by atoms with Gasteiger partial charge in [0.25, 0.3) is 0 Å². The van der Waals surface area contributed by atoms with Crippen LogP contribution in [0.3, 0.4) is 0 Å². The molecule has 6 heterocycles. The molecule has 160 valence electrons. The summed E-state index contributed by atoms with van der Waals surface area (Å²) in [5.41, 5.74) is 0.321. The first-order valence-electron chi connectivity index (χ1n) is 9.85. The van der Waals surface area contributed by atoms with Crippen LogP contribution < -0.4 is 0 Å². The zero-order valence-corrected chi connectivity index (χ0v) is 21.9. The quantitative estimate of drug-likeness (QED) is 0.207. The van der Waals surface area contributed by atoms with E-state index < -0.39 is 0 Å². The van der Waals surface area contributed by atoms with Crippen molar-refractivity contribution < 1.29 is 0 Å². The highest BCUT2D eigenvalue weighted by molar-refractivity contribution is 7.50. The molecule has 0 aliphatic carbocycles. The van der Waals surface area contributed by atoms with Crippen molar-refractivity contribution >= 4 is 115 Å². The van der Waals surface area contributed by atoms with Crippen molar-refractivity contribution in [3.8, 4) is 24.3 Å². The summed E-state index contributed by atoms with van der Waals surface area (Å²) in [4.78, 5) is 2.34. The minimum absolute atomic E-state index is 0.161. The normalized spacial score (nSPS) is 11.1. The van der Waals surface area contributed by atoms with Gasteiger partial charge in [0, 0.05) is 32.0 Å². The van der Waals surface area contributed by atoms with Gasteiger partial charge in [0.2, 0.25) is 0 Å². The van der Waals surface area contributed by atoms with Crippen molar-refractivity contribution in [3.05, 3.63) is 45.2 Å². The molecule has 0 N–H and O–H groups in total. The van der Waals surface area contributed by atoms with E-state index in [1.54, 1.807) is 34.8 Å². The molecule has 0 radical (unpaired) electrons. The zero-order valence-electron chi connectivity index (χ0n) is 17.0. The van der Waals surface area contributed by atoms with Crippen molar-refractivity contribution in [2.45, 2.75) is 12.8 Å². The molecule has 0 amide bonds. The van der Waals surface area contributed by atoms with Gasteiger partial charge in [-0.2, -0.15) is 21.0 Å². The SMILES string of the molecule is N#CC(C#N)=CCc1cc2sc3c(sc4c5sc6cc(CC=C(C#N)C#N)sc6c5sc34)c2s1. The number of nitriles is 4. The van der Waals surface area contributed by atoms with E-state index in [1.807, 2.05) is 69.6 Å². The largest absolute Gasteiger partial charge is 0.192 e. The fraction of sp³-hybridized carbons (Fsp3) is 0.0833. The van der Waals surface area contributed by atoms with Gasteiger partial charge in [-0.3, -0.25) is 0 Å². The standard InChI is InChI=1S/C24H8N4S6/c25-7-11(8-26)1-3-13-5-15-17(29-13)19-21(31-15)23-24(33-19)22-20(34-23)18-16(32-22)6-14(30-18)4-2-12(9-27)10-28/h1-2,5-6H,3-4H2. The summed E-state index contributed by atoms with van der Waals surface area (Å²) < 4.78 is 13.3. The van der Waals surface area contributed by atoms with Gasteiger partial charge in [-0.1, -0.05) is 12.2 Å². The maximum atomic E-state index is 8.95. The molecule has 34 heavy (non-hydrogen) atoms. The third kappa shape index (κ3) is 3.28. The van der Waals surface area contributed by atoms with E-state index in [0.717, 1.165) is 0 Å². The Balaban J connectivity index is 1.41. The van der Waals surface area contributed by atoms with Crippen molar-refractivity contribution in [1.82, 2.24) is 0 Å². The molecule has 0 atom stereocenters. The Bertz CT molecular complexity index is 1840. The molecule has 6 rings (SSSR count). The number of rotatable bonds is 4. The summed E-state index contributed by atoms with van der Waals surface area (Å²) >= 11 is 10.9. The summed E-state index contributed by atoms with van der Waals surface area (Å²) in [6, 6.07) is 12.1. The lowest BCUT2D eigenvalue weighted by Crippen LogP contribution is -1.76. The summed E-state index contributed by atoms with van der Waals surface area (Å²) in [6.07, 6.45) is 4.62. The lowest BCUT2D eigenvalue weighted by Gasteiger charge is -1.87. The first-order chi connectivity index (χ1) is 16.6. The highest BCUT2D eigenvalue weighted by Crippen LogP contribution is 2.55. The summed E-state index contributed by atoms with van der Waals surface area (Å²) in [7, 11) is 0. The Hall–Kier alpha value is -3.06. The van der Waals surface area contributed by atoms with E-state index in [0.29, 0.717) is 12.8 Å². The Morgan fingerprint density at radius 3 is 1.26 bits per heavy atom. The minimum atomic E-state index is 0.161. The van der Waals surface area contributed by atoms with Gasteiger partial charge >= 0.3 is 0 Å². The predicted molar refractivity (Wildman–Crippen MR) is 147 cm³/mol. The van der Waals surface area contributed by atoms with Gasteiger partial charge in [0.1, 0.15) is 35.4 Å². The van der Waals surface area contributed by atoms with Crippen LogP contribution >= 0.6 is 68.0 Å². The molecule has 0 aliphatic rings. The van der Waals surface area contributed by atoms with Crippen LogP contribution in [0.5, 0.6) is 0 Å². The second-order valence-corrected chi connectivity index (χ2v) is 13.7. The Morgan fingerprint density at radius 1 is 0.529 bits per heavy atom. The molecule has 0 bridgehead atoms. The first-order valence-corrected chi connectivity index (χ1v) is 14.7. The zero-order chi connectivity index (χ0) is 23.4. The molecule has 0 saturated carbocycles. The van der Waals surface area contributed by atoms with E-state index in [4.69, 9.17) is 21.0 Å². The molecular weight excluding hydrogens is 537 g/mol. The average molecular weight is 545 g/mol. The monoisotopic (exact) mass is 544 g/mol. The number of fused-ring (bicyclic) bond motifs is 9. The topological polar surface area (TPSA) is 95.2 Å². The van der Waals surface area contributed by atoms with Crippen LogP contribution in [0, 0.1) is 45.3 Å². The lowest BCUT2D eigenvalue weighted by molar-refractivity contribution is 1.32. The Kier molecular flexibility index (Phi) is 5.25. The maximum Gasteiger partial charge on any atom is 0.126 e. The molecule has 0 saturated heterocycles. The smallest absolute Gasteiger partial charge is 0.126 e. The van der Waals surface area contributed by atoms with E-state index in [9.17, 15) is 0 Å². The molecule has 6 aromatic heterocycles. The molecule has 4 nitrogen and oxygen atoms in total. The van der Waals surface area contributed by atoms with Gasteiger partial charge < -0.3 is 0 Å². The van der Waals surface area contributed by atoms with Crippen LogP contribution in [0.4, 0.5) is 0 Å². The highest BCUT2D eigenvalue weighted by Gasteiger charge is 2.21. The van der Waals surface area contributed by atoms with Gasteiger partial charge in [-0.05, 0) is 12.1 Å². The van der Waals surface area contributed by atoms with Crippen molar-refractivity contribution in [1.29, 1.82) is 21.0 Å². The minimum Gasteiger partial charge on any atom is -0.192 e. The third-order valence-corrected chi connectivity index (χ3v) is 13.5. The predicted octanol–water partition coefficient (Wildman–Crippen LogP) is 8.85. The molecule has 0 spiro atoms. The number of allylic oxidation sites excluding steroid dienone is 4. The second kappa shape index (κ2) is 8.31. The van der Waals surface area contributed by atoms with Gasteiger partial charge in [0.15, 0.2) is 0 Å². The molecule has 0 fully saturated rings. The van der Waals surface area contributed by atoms with Crippen molar-refractivity contribution in [3.63, 3.8) is 0 Å². The number of hydrogen-bond acceptors (Lipinski definition) is 10. The van der Waals surface area contributed by atoms with Crippen LogP contribution in [0.15, 0.2) is 35.4 Å². The Labute approximate surface area is 217 Å². The summed E-state index contributed by atoms with van der Waals surface area (Å²) in [5.74, 6) is 0. The van der Waals surface area contributed by atoms with E-state index in [2.05, 4.69) is 12.1 Å². The van der Waals surface area contributed by atoms with Crippen LogP contribution in [-0.4, -0.2) is 0 Å². The van der Waals surface area contributed by atoms with Gasteiger partial charge in [0.05, 0.1) is 37.6 Å². The Morgan fingerprint density at radius 2 is 0.882 bits per heavy atom. The molecule has 0 aliphatic heterocycles. The number of hydrogen-bond donors (Lipinski definition) is 0. The molecule has 0 aromatic carbocycles. The fourth-order valence-electron chi connectivity index (χ4n) is 3.75. The lowest BCUT2D eigenvalue weighted by atomic mass is 10.2. The molecule has 10 heteroatoms. The highest BCUT2D eigenvalue weighted by atomic mass is 32.1. The van der Waals surface area contributed by atoms with Crippen LogP contribution in [-0.2, 0) is 12.8 Å². The van der Waals surface area contributed by atoms with Gasteiger partial charge in [-0.15, -0.1) is 68.0 Å². The van der Waals surface area contributed by atoms with Crippen molar-refractivity contribution in [2.75, 3.05) is 0 Å². The number of thiophene rings is 6. The number of nitrogens with zero attached hydrogens (tertiary/aromatic N) is 4. The summed E-state index contributed by atoms with van der Waals surface area (Å²) in [6.45, 7) is 0. The average Bonchev–Trinajstić information content (AvgIpc) is 3.64. The maximum absolute atomic E-state index is 8.95. The first kappa shape index (κ1) is 21.5.